The molecule has 0 aromatic rings. The van der Waals surface area contributed by atoms with Crippen molar-refractivity contribution in [3.05, 3.63) is 0 Å². The Morgan fingerprint density at radius 3 is 1.45 bits per heavy atom. The molecule has 70 valence electrons. The first-order chi connectivity index (χ1) is 5.08. The van der Waals surface area contributed by atoms with Crippen LogP contribution in [0.25, 0.3) is 0 Å². The summed E-state index contributed by atoms with van der Waals surface area (Å²) in [5.41, 5.74) is 10.6. The molecule has 0 spiro atoms. The summed E-state index contributed by atoms with van der Waals surface area (Å²) in [6.45, 7) is 9.21. The van der Waals surface area contributed by atoms with Gasteiger partial charge in [-0.15, -0.1) is 0 Å². The molecule has 0 saturated heterocycles. The quantitative estimate of drug-likeness (QED) is 0.660. The Labute approximate surface area is 71.3 Å². The Morgan fingerprint density at radius 1 is 1.09 bits per heavy atom. The van der Waals surface area contributed by atoms with Crippen LogP contribution in [0.4, 0.5) is 0 Å². The van der Waals surface area contributed by atoms with Gasteiger partial charge in [-0.2, -0.15) is 0 Å². The highest BCUT2D eigenvalue weighted by Crippen LogP contribution is 1.93. The van der Waals surface area contributed by atoms with Crippen LogP contribution in [-0.4, -0.2) is 12.6 Å². The summed E-state index contributed by atoms with van der Waals surface area (Å²) in [7, 11) is 0. The molecule has 0 fully saturated rings. The third-order valence-electron chi connectivity index (χ3n) is 1.74. The molecule has 0 bridgehead atoms. The molecule has 2 nitrogen and oxygen atoms in total. The predicted octanol–water partition coefficient (Wildman–Crippen LogP) is 1.73. The fourth-order valence-electron chi connectivity index (χ4n) is 0.167. The second-order valence-electron chi connectivity index (χ2n) is 3.13. The zero-order valence-corrected chi connectivity index (χ0v) is 8.43. The van der Waals surface area contributed by atoms with E-state index in [2.05, 4.69) is 20.8 Å². The maximum absolute atomic E-state index is 5.29. The first-order valence-electron chi connectivity index (χ1n) is 4.54. The molecule has 0 aromatic heterocycles. The van der Waals surface area contributed by atoms with Gasteiger partial charge < -0.3 is 11.5 Å². The summed E-state index contributed by atoms with van der Waals surface area (Å²) in [4.78, 5) is 0. The minimum Gasteiger partial charge on any atom is -0.330 e. The molecule has 2 atom stereocenters. The molecule has 0 aliphatic heterocycles. The van der Waals surface area contributed by atoms with E-state index >= 15 is 0 Å². The van der Waals surface area contributed by atoms with Crippen molar-refractivity contribution in [2.45, 2.75) is 46.6 Å². The van der Waals surface area contributed by atoms with Crippen LogP contribution < -0.4 is 11.5 Å². The van der Waals surface area contributed by atoms with Crippen molar-refractivity contribution in [2.75, 3.05) is 6.54 Å². The Hall–Kier alpha value is -0.0800. The van der Waals surface area contributed by atoms with E-state index in [9.17, 15) is 0 Å². The summed E-state index contributed by atoms with van der Waals surface area (Å²) in [6, 6.07) is 0.384. The molecule has 11 heavy (non-hydrogen) atoms. The smallest absolute Gasteiger partial charge is 0.000781 e. The number of rotatable bonds is 3. The normalized spacial score (nSPS) is 14.7. The monoisotopic (exact) mass is 160 g/mol. The number of nitrogens with two attached hydrogens (primary N) is 2. The summed E-state index contributed by atoms with van der Waals surface area (Å²) in [5, 5.41) is 0. The molecule has 0 aliphatic carbocycles. The third kappa shape index (κ3) is 17.8. The molecule has 2 heteroatoms. The molecular formula is C9H24N2. The van der Waals surface area contributed by atoms with Gasteiger partial charge in [-0.25, -0.2) is 0 Å². The fourth-order valence-corrected chi connectivity index (χ4v) is 0.167. The lowest BCUT2D eigenvalue weighted by Crippen LogP contribution is -2.11. The van der Waals surface area contributed by atoms with E-state index in [1.807, 2.05) is 6.92 Å². The van der Waals surface area contributed by atoms with Crippen molar-refractivity contribution in [3.8, 4) is 0 Å². The van der Waals surface area contributed by atoms with Crippen LogP contribution in [0.2, 0.25) is 0 Å². The summed E-state index contributed by atoms with van der Waals surface area (Å²) < 4.78 is 0. The molecule has 2 unspecified atom stereocenters. The van der Waals surface area contributed by atoms with Gasteiger partial charge in [-0.1, -0.05) is 27.2 Å². The molecule has 0 rings (SSSR count). The molecule has 0 aliphatic rings. The molecule has 0 aromatic carbocycles. The zero-order valence-electron chi connectivity index (χ0n) is 8.43. The average molecular weight is 160 g/mol. The summed E-state index contributed by atoms with van der Waals surface area (Å²) in [5.74, 6) is 0.713. The Bertz CT molecular complexity index is 58.6. The second kappa shape index (κ2) is 9.92. The number of hydrogen-bond acceptors (Lipinski definition) is 2. The van der Waals surface area contributed by atoms with E-state index in [0.29, 0.717) is 12.0 Å². The zero-order chi connectivity index (χ0) is 9.28. The largest absolute Gasteiger partial charge is 0.330 e. The van der Waals surface area contributed by atoms with Gasteiger partial charge in [0.15, 0.2) is 0 Å². The fraction of sp³-hybridized carbons (Fsp3) is 1.00. The first-order valence-corrected chi connectivity index (χ1v) is 4.54. The Kier molecular flexibility index (Phi) is 12.2. The molecular weight excluding hydrogens is 136 g/mol. The SMILES string of the molecule is CCC(C)CN.CCC(C)N. The van der Waals surface area contributed by atoms with Crippen LogP contribution in [0.1, 0.15) is 40.5 Å². The first kappa shape index (κ1) is 13.5. The highest BCUT2D eigenvalue weighted by molar-refractivity contribution is 4.45. The van der Waals surface area contributed by atoms with Gasteiger partial charge in [0.2, 0.25) is 0 Å². The Balaban J connectivity index is 0. The van der Waals surface area contributed by atoms with E-state index in [-0.39, 0.29) is 0 Å². The lowest BCUT2D eigenvalue weighted by atomic mass is 10.1. The van der Waals surface area contributed by atoms with E-state index < -0.39 is 0 Å². The van der Waals surface area contributed by atoms with Crippen LogP contribution in [0.3, 0.4) is 0 Å². The van der Waals surface area contributed by atoms with Gasteiger partial charge in [0, 0.05) is 6.04 Å². The lowest BCUT2D eigenvalue weighted by molar-refractivity contribution is 0.576. The van der Waals surface area contributed by atoms with Crippen molar-refractivity contribution in [2.24, 2.45) is 17.4 Å². The molecule has 0 amide bonds. The van der Waals surface area contributed by atoms with Gasteiger partial charge in [-0.05, 0) is 25.8 Å². The lowest BCUT2D eigenvalue weighted by Gasteiger charge is -1.98. The van der Waals surface area contributed by atoms with E-state index in [0.717, 1.165) is 13.0 Å². The summed E-state index contributed by atoms with van der Waals surface area (Å²) >= 11 is 0. The molecule has 0 radical (unpaired) electrons. The van der Waals surface area contributed by atoms with Gasteiger partial charge in [0.1, 0.15) is 0 Å². The van der Waals surface area contributed by atoms with Crippen molar-refractivity contribution in [1.82, 2.24) is 0 Å². The third-order valence-corrected chi connectivity index (χ3v) is 1.74. The minimum absolute atomic E-state index is 0.384. The van der Waals surface area contributed by atoms with E-state index in [1.165, 1.54) is 6.42 Å². The van der Waals surface area contributed by atoms with E-state index in [4.69, 9.17) is 11.5 Å². The predicted molar refractivity (Wildman–Crippen MR) is 52.4 cm³/mol. The topological polar surface area (TPSA) is 52.0 Å². The van der Waals surface area contributed by atoms with Crippen LogP contribution in [0.5, 0.6) is 0 Å². The van der Waals surface area contributed by atoms with Crippen LogP contribution in [0, 0.1) is 5.92 Å². The van der Waals surface area contributed by atoms with Crippen molar-refractivity contribution in [3.63, 3.8) is 0 Å². The maximum Gasteiger partial charge on any atom is 0.000781 e. The van der Waals surface area contributed by atoms with Crippen LogP contribution in [-0.2, 0) is 0 Å². The van der Waals surface area contributed by atoms with Gasteiger partial charge in [-0.3, -0.25) is 0 Å². The summed E-state index contributed by atoms with van der Waals surface area (Å²) in [6.07, 6.45) is 2.29. The van der Waals surface area contributed by atoms with Crippen LogP contribution in [0.15, 0.2) is 0 Å². The molecule has 0 heterocycles. The highest BCUT2D eigenvalue weighted by atomic mass is 14.6. The standard InChI is InChI=1S/C5H13N.C4H11N/c1-3-5(2)4-6;1-3-4(2)5/h5H,3-4,6H2,1-2H3;4H,3,5H2,1-2H3. The van der Waals surface area contributed by atoms with Gasteiger partial charge in [0.25, 0.3) is 0 Å². The second-order valence-corrected chi connectivity index (χ2v) is 3.13. The maximum atomic E-state index is 5.29. The Morgan fingerprint density at radius 2 is 1.45 bits per heavy atom. The van der Waals surface area contributed by atoms with Gasteiger partial charge in [0.05, 0.1) is 0 Å². The number of hydrogen-bond donors (Lipinski definition) is 2. The van der Waals surface area contributed by atoms with Gasteiger partial charge >= 0.3 is 0 Å². The average Bonchev–Trinajstić information content (AvgIpc) is 2.04. The van der Waals surface area contributed by atoms with E-state index in [1.54, 1.807) is 0 Å². The van der Waals surface area contributed by atoms with Crippen molar-refractivity contribution < 1.29 is 0 Å². The highest BCUT2D eigenvalue weighted by Gasteiger charge is 1.88. The van der Waals surface area contributed by atoms with Crippen molar-refractivity contribution >= 4 is 0 Å². The van der Waals surface area contributed by atoms with Crippen LogP contribution >= 0.6 is 0 Å². The molecule has 0 saturated carbocycles. The van der Waals surface area contributed by atoms with Crippen molar-refractivity contribution in [1.29, 1.82) is 0 Å². The molecule has 4 N–H and O–H groups in total. The minimum atomic E-state index is 0.384.